The maximum absolute atomic E-state index is 4.56. The van der Waals surface area contributed by atoms with Crippen molar-refractivity contribution in [3.05, 3.63) is 16.1 Å². The van der Waals surface area contributed by atoms with Gasteiger partial charge in [-0.2, -0.15) is 0 Å². The second-order valence-corrected chi connectivity index (χ2v) is 8.09. The Morgan fingerprint density at radius 3 is 2.63 bits per heavy atom. The number of nitrogens with zero attached hydrogens (tertiary/aromatic N) is 1. The van der Waals surface area contributed by atoms with Crippen LogP contribution in [0.15, 0.2) is 6.20 Å². The number of thiazole rings is 1. The SMILES string of the molecule is CCC1CCC(NCc2cnc(C(C)(C)C)s2)C1C. The monoisotopic (exact) mass is 280 g/mol. The van der Waals surface area contributed by atoms with Gasteiger partial charge in [0.2, 0.25) is 0 Å². The molecule has 0 aromatic carbocycles. The van der Waals surface area contributed by atoms with Gasteiger partial charge in [0.05, 0.1) is 5.01 Å². The lowest BCUT2D eigenvalue weighted by Crippen LogP contribution is -2.31. The van der Waals surface area contributed by atoms with Crippen LogP contribution in [0.5, 0.6) is 0 Å². The highest BCUT2D eigenvalue weighted by Gasteiger charge is 2.31. The standard InChI is InChI=1S/C16H28N2S/c1-6-12-7-8-14(11(12)2)17-9-13-10-18-15(19-13)16(3,4)5/h10-12,14,17H,6-9H2,1-5H3. The molecule has 1 aliphatic carbocycles. The topological polar surface area (TPSA) is 24.9 Å². The number of aromatic nitrogens is 1. The fraction of sp³-hybridized carbons (Fsp3) is 0.812. The van der Waals surface area contributed by atoms with E-state index >= 15 is 0 Å². The highest BCUT2D eigenvalue weighted by atomic mass is 32.1. The van der Waals surface area contributed by atoms with Crippen molar-refractivity contribution in [2.45, 2.75) is 71.9 Å². The largest absolute Gasteiger partial charge is 0.309 e. The molecule has 0 spiro atoms. The first-order valence-corrected chi connectivity index (χ1v) is 8.42. The van der Waals surface area contributed by atoms with Crippen molar-refractivity contribution in [1.82, 2.24) is 10.3 Å². The van der Waals surface area contributed by atoms with Crippen LogP contribution in [0.4, 0.5) is 0 Å². The van der Waals surface area contributed by atoms with Gasteiger partial charge in [-0.05, 0) is 24.7 Å². The smallest absolute Gasteiger partial charge is 0.0981 e. The van der Waals surface area contributed by atoms with Gasteiger partial charge < -0.3 is 5.32 Å². The van der Waals surface area contributed by atoms with E-state index in [1.54, 1.807) is 0 Å². The summed E-state index contributed by atoms with van der Waals surface area (Å²) < 4.78 is 0. The lowest BCUT2D eigenvalue weighted by molar-refractivity contribution is 0.345. The van der Waals surface area contributed by atoms with Crippen molar-refractivity contribution in [1.29, 1.82) is 0 Å². The number of hydrogen-bond donors (Lipinski definition) is 1. The molecule has 3 atom stereocenters. The van der Waals surface area contributed by atoms with Crippen LogP contribution in [-0.2, 0) is 12.0 Å². The molecule has 3 heteroatoms. The third-order valence-electron chi connectivity index (χ3n) is 4.48. The van der Waals surface area contributed by atoms with E-state index in [1.807, 2.05) is 11.3 Å². The maximum Gasteiger partial charge on any atom is 0.0981 e. The van der Waals surface area contributed by atoms with Crippen LogP contribution in [0.2, 0.25) is 0 Å². The molecule has 2 nitrogen and oxygen atoms in total. The molecule has 1 fully saturated rings. The van der Waals surface area contributed by atoms with Gasteiger partial charge in [0.1, 0.15) is 0 Å². The molecule has 1 aliphatic rings. The molecular formula is C16H28N2S. The molecule has 2 rings (SSSR count). The number of hydrogen-bond acceptors (Lipinski definition) is 3. The molecule has 19 heavy (non-hydrogen) atoms. The Morgan fingerprint density at radius 2 is 2.11 bits per heavy atom. The first-order valence-electron chi connectivity index (χ1n) is 7.60. The van der Waals surface area contributed by atoms with E-state index in [9.17, 15) is 0 Å². The van der Waals surface area contributed by atoms with Crippen LogP contribution in [0.3, 0.4) is 0 Å². The van der Waals surface area contributed by atoms with Gasteiger partial charge in [0.25, 0.3) is 0 Å². The van der Waals surface area contributed by atoms with Crippen molar-refractivity contribution in [2.75, 3.05) is 0 Å². The third-order valence-corrected chi connectivity index (χ3v) is 5.91. The zero-order chi connectivity index (χ0) is 14.0. The summed E-state index contributed by atoms with van der Waals surface area (Å²) in [7, 11) is 0. The predicted molar refractivity (Wildman–Crippen MR) is 83.6 cm³/mol. The quantitative estimate of drug-likeness (QED) is 0.886. The van der Waals surface area contributed by atoms with Crippen LogP contribution in [-0.4, -0.2) is 11.0 Å². The molecule has 1 saturated carbocycles. The van der Waals surface area contributed by atoms with Crippen molar-refractivity contribution in [3.8, 4) is 0 Å². The second-order valence-electron chi connectivity index (χ2n) is 6.97. The number of rotatable bonds is 4. The molecular weight excluding hydrogens is 252 g/mol. The van der Waals surface area contributed by atoms with E-state index in [4.69, 9.17) is 0 Å². The molecule has 108 valence electrons. The Kier molecular flexibility index (Phi) is 4.67. The van der Waals surface area contributed by atoms with E-state index in [2.05, 4.69) is 51.1 Å². The summed E-state index contributed by atoms with van der Waals surface area (Å²) in [6.45, 7) is 12.4. The van der Waals surface area contributed by atoms with E-state index < -0.39 is 0 Å². The van der Waals surface area contributed by atoms with E-state index in [0.717, 1.165) is 18.4 Å². The molecule has 0 bridgehead atoms. The Balaban J connectivity index is 1.88. The third kappa shape index (κ3) is 3.57. The van der Waals surface area contributed by atoms with Crippen LogP contribution < -0.4 is 5.32 Å². The van der Waals surface area contributed by atoms with Gasteiger partial charge >= 0.3 is 0 Å². The highest BCUT2D eigenvalue weighted by Crippen LogP contribution is 2.34. The molecule has 0 amide bonds. The van der Waals surface area contributed by atoms with Crippen LogP contribution >= 0.6 is 11.3 Å². The average molecular weight is 280 g/mol. The molecule has 1 aromatic heterocycles. The molecule has 3 unspecified atom stereocenters. The fourth-order valence-corrected chi connectivity index (χ4v) is 4.00. The summed E-state index contributed by atoms with van der Waals surface area (Å²) in [4.78, 5) is 5.93. The van der Waals surface area contributed by atoms with Crippen LogP contribution in [0.25, 0.3) is 0 Å². The van der Waals surface area contributed by atoms with Crippen LogP contribution in [0.1, 0.15) is 63.8 Å². The Bertz CT molecular complexity index is 405. The molecule has 0 radical (unpaired) electrons. The van der Waals surface area contributed by atoms with Crippen LogP contribution in [0, 0.1) is 11.8 Å². The zero-order valence-electron chi connectivity index (χ0n) is 13.0. The van der Waals surface area contributed by atoms with Crippen molar-refractivity contribution in [3.63, 3.8) is 0 Å². The molecule has 1 N–H and O–H groups in total. The Hall–Kier alpha value is -0.410. The molecule has 1 aromatic rings. The summed E-state index contributed by atoms with van der Waals surface area (Å²) in [5.74, 6) is 1.74. The molecule has 0 aliphatic heterocycles. The first-order chi connectivity index (χ1) is 8.91. The van der Waals surface area contributed by atoms with Crippen molar-refractivity contribution in [2.24, 2.45) is 11.8 Å². The zero-order valence-corrected chi connectivity index (χ0v) is 13.8. The minimum Gasteiger partial charge on any atom is -0.309 e. The second kappa shape index (κ2) is 5.92. The number of nitrogens with one attached hydrogen (secondary N) is 1. The summed E-state index contributed by atoms with van der Waals surface area (Å²) in [5, 5.41) is 4.99. The van der Waals surface area contributed by atoms with E-state index in [-0.39, 0.29) is 5.41 Å². The lowest BCUT2D eigenvalue weighted by Gasteiger charge is -2.20. The van der Waals surface area contributed by atoms with Gasteiger partial charge in [0, 0.05) is 29.1 Å². The summed E-state index contributed by atoms with van der Waals surface area (Å²) in [6, 6.07) is 0.699. The molecule has 1 heterocycles. The van der Waals surface area contributed by atoms with E-state index in [0.29, 0.717) is 6.04 Å². The molecule has 0 saturated heterocycles. The Morgan fingerprint density at radius 1 is 1.37 bits per heavy atom. The van der Waals surface area contributed by atoms with Crippen molar-refractivity contribution >= 4 is 11.3 Å². The minimum atomic E-state index is 0.177. The summed E-state index contributed by atoms with van der Waals surface area (Å²) >= 11 is 1.86. The maximum atomic E-state index is 4.56. The average Bonchev–Trinajstić information content (AvgIpc) is 2.93. The Labute approximate surface area is 122 Å². The normalized spacial score (nSPS) is 27.9. The summed E-state index contributed by atoms with van der Waals surface area (Å²) in [6.07, 6.45) is 6.11. The van der Waals surface area contributed by atoms with Gasteiger partial charge in [-0.1, -0.05) is 41.0 Å². The van der Waals surface area contributed by atoms with Gasteiger partial charge in [-0.25, -0.2) is 4.98 Å². The van der Waals surface area contributed by atoms with Gasteiger partial charge in [-0.15, -0.1) is 11.3 Å². The summed E-state index contributed by atoms with van der Waals surface area (Å²) in [5.41, 5.74) is 0.177. The minimum absolute atomic E-state index is 0.177. The lowest BCUT2D eigenvalue weighted by atomic mass is 9.93. The fourth-order valence-electron chi connectivity index (χ4n) is 3.08. The van der Waals surface area contributed by atoms with Gasteiger partial charge in [0.15, 0.2) is 0 Å². The first kappa shape index (κ1) is 15.0. The van der Waals surface area contributed by atoms with Crippen molar-refractivity contribution < 1.29 is 0 Å². The van der Waals surface area contributed by atoms with Gasteiger partial charge in [-0.3, -0.25) is 0 Å². The highest BCUT2D eigenvalue weighted by molar-refractivity contribution is 7.11. The predicted octanol–water partition coefficient (Wildman–Crippen LogP) is 4.35. The van der Waals surface area contributed by atoms with E-state index in [1.165, 1.54) is 29.1 Å².